The van der Waals surface area contributed by atoms with Crippen LogP contribution in [0.25, 0.3) is 0 Å². The Morgan fingerprint density at radius 3 is 2.41 bits per heavy atom. The second kappa shape index (κ2) is 6.59. The molecule has 5 nitrogen and oxygen atoms in total. The summed E-state index contributed by atoms with van der Waals surface area (Å²) < 4.78 is 0. The molecule has 0 radical (unpaired) electrons. The van der Waals surface area contributed by atoms with E-state index < -0.39 is 24.0 Å². The molecule has 0 saturated heterocycles. The zero-order valence-corrected chi connectivity index (χ0v) is 10.3. The molecule has 0 aromatic heterocycles. The predicted molar refractivity (Wildman–Crippen MR) is 64.4 cm³/mol. The van der Waals surface area contributed by atoms with Crippen LogP contribution in [0.4, 0.5) is 0 Å². The Labute approximate surface area is 102 Å². The molecule has 1 aliphatic rings. The molecule has 0 aromatic rings. The van der Waals surface area contributed by atoms with Crippen molar-refractivity contribution in [1.29, 1.82) is 0 Å². The summed E-state index contributed by atoms with van der Waals surface area (Å²) in [6, 6.07) is -1.46. The molecule has 98 valence electrons. The number of carboxylic acids is 1. The number of nitrogens with one attached hydrogen (secondary N) is 1. The maximum Gasteiger partial charge on any atom is 0.326 e. The molecule has 1 amide bonds. The molecule has 1 aliphatic carbocycles. The molecule has 0 aromatic carbocycles. The van der Waals surface area contributed by atoms with Crippen LogP contribution in [-0.2, 0) is 9.59 Å². The molecule has 2 atom stereocenters. The Balaban J connectivity index is 2.47. The van der Waals surface area contributed by atoms with Gasteiger partial charge in [0.25, 0.3) is 0 Å². The van der Waals surface area contributed by atoms with Crippen LogP contribution in [0.3, 0.4) is 0 Å². The van der Waals surface area contributed by atoms with Gasteiger partial charge in [-0.2, -0.15) is 0 Å². The van der Waals surface area contributed by atoms with Crippen LogP contribution < -0.4 is 11.1 Å². The molecule has 4 N–H and O–H groups in total. The second-order valence-corrected chi connectivity index (χ2v) is 4.93. The first-order chi connectivity index (χ1) is 8.00. The van der Waals surface area contributed by atoms with E-state index in [1.165, 1.54) is 6.42 Å². The largest absolute Gasteiger partial charge is 0.480 e. The molecular formula is C12H22N2O3. The standard InChI is InChI=1S/C12H22N2O3/c1-8(13)11(15)14-10(12(16)17)7-9-5-3-2-4-6-9/h8-10H,2-7,13H2,1H3,(H,14,15)(H,16,17)/t8?,10-/m1/s1. The highest BCUT2D eigenvalue weighted by Crippen LogP contribution is 2.27. The summed E-state index contributed by atoms with van der Waals surface area (Å²) in [6.07, 6.45) is 6.22. The summed E-state index contributed by atoms with van der Waals surface area (Å²) in [5.74, 6) is -0.948. The van der Waals surface area contributed by atoms with Crippen molar-refractivity contribution in [3.63, 3.8) is 0 Å². The van der Waals surface area contributed by atoms with Gasteiger partial charge >= 0.3 is 5.97 Å². The van der Waals surface area contributed by atoms with Crippen molar-refractivity contribution in [2.24, 2.45) is 11.7 Å². The van der Waals surface area contributed by atoms with Crippen molar-refractivity contribution < 1.29 is 14.7 Å². The van der Waals surface area contributed by atoms with E-state index in [2.05, 4.69) is 5.32 Å². The summed E-state index contributed by atoms with van der Waals surface area (Å²) in [5.41, 5.74) is 5.41. The molecule has 1 unspecified atom stereocenters. The van der Waals surface area contributed by atoms with Crippen molar-refractivity contribution >= 4 is 11.9 Å². The van der Waals surface area contributed by atoms with E-state index in [4.69, 9.17) is 10.8 Å². The van der Waals surface area contributed by atoms with Crippen molar-refractivity contribution in [3.05, 3.63) is 0 Å². The fourth-order valence-corrected chi connectivity index (χ4v) is 2.28. The van der Waals surface area contributed by atoms with Crippen LogP contribution in [0, 0.1) is 5.92 Å². The first kappa shape index (κ1) is 14.0. The van der Waals surface area contributed by atoms with E-state index >= 15 is 0 Å². The lowest BCUT2D eigenvalue weighted by atomic mass is 9.85. The Hall–Kier alpha value is -1.10. The SMILES string of the molecule is CC(N)C(=O)N[C@H](CC1CCCCC1)C(=O)O. The van der Waals surface area contributed by atoms with Crippen LogP contribution in [0.5, 0.6) is 0 Å². The minimum Gasteiger partial charge on any atom is -0.480 e. The van der Waals surface area contributed by atoms with Gasteiger partial charge in [-0.1, -0.05) is 32.1 Å². The number of hydrogen-bond acceptors (Lipinski definition) is 3. The van der Waals surface area contributed by atoms with Gasteiger partial charge in [-0.15, -0.1) is 0 Å². The van der Waals surface area contributed by atoms with Gasteiger partial charge < -0.3 is 16.2 Å². The molecule has 0 heterocycles. The third-order valence-electron chi connectivity index (χ3n) is 3.32. The quantitative estimate of drug-likeness (QED) is 0.667. The van der Waals surface area contributed by atoms with E-state index in [0.29, 0.717) is 12.3 Å². The van der Waals surface area contributed by atoms with Crippen molar-refractivity contribution in [2.75, 3.05) is 0 Å². The zero-order valence-electron chi connectivity index (χ0n) is 10.3. The molecule has 5 heteroatoms. The maximum atomic E-state index is 11.4. The summed E-state index contributed by atoms with van der Waals surface area (Å²) in [5, 5.41) is 11.6. The zero-order chi connectivity index (χ0) is 12.8. The normalized spacial score (nSPS) is 20.6. The molecular weight excluding hydrogens is 220 g/mol. The molecule has 17 heavy (non-hydrogen) atoms. The third-order valence-corrected chi connectivity index (χ3v) is 3.32. The number of nitrogens with two attached hydrogens (primary N) is 1. The molecule has 0 spiro atoms. The second-order valence-electron chi connectivity index (χ2n) is 4.93. The lowest BCUT2D eigenvalue weighted by Crippen LogP contribution is -2.48. The first-order valence-corrected chi connectivity index (χ1v) is 6.29. The van der Waals surface area contributed by atoms with Crippen molar-refractivity contribution in [2.45, 2.75) is 57.5 Å². The fourth-order valence-electron chi connectivity index (χ4n) is 2.28. The van der Waals surface area contributed by atoms with Gasteiger partial charge in [0.2, 0.25) is 5.91 Å². The fraction of sp³-hybridized carbons (Fsp3) is 0.833. The Morgan fingerprint density at radius 2 is 1.94 bits per heavy atom. The molecule has 0 bridgehead atoms. The molecule has 1 rings (SSSR count). The van der Waals surface area contributed by atoms with E-state index in [1.807, 2.05) is 0 Å². The Bertz CT molecular complexity index is 273. The lowest BCUT2D eigenvalue weighted by molar-refractivity contribution is -0.142. The van der Waals surface area contributed by atoms with Gasteiger partial charge in [-0.25, -0.2) is 4.79 Å². The van der Waals surface area contributed by atoms with Crippen LogP contribution in [0.1, 0.15) is 45.4 Å². The average Bonchev–Trinajstić information content (AvgIpc) is 2.29. The Morgan fingerprint density at radius 1 is 1.35 bits per heavy atom. The van der Waals surface area contributed by atoms with Gasteiger partial charge in [-0.05, 0) is 19.3 Å². The topological polar surface area (TPSA) is 92.4 Å². The van der Waals surface area contributed by atoms with Gasteiger partial charge in [0.1, 0.15) is 6.04 Å². The summed E-state index contributed by atoms with van der Waals surface area (Å²) in [6.45, 7) is 1.55. The number of carbonyl (C=O) groups excluding carboxylic acids is 1. The summed E-state index contributed by atoms with van der Waals surface area (Å²) in [7, 11) is 0. The van der Waals surface area contributed by atoms with E-state index in [0.717, 1.165) is 25.7 Å². The maximum absolute atomic E-state index is 11.4. The number of aliphatic carboxylic acids is 1. The van der Waals surface area contributed by atoms with Gasteiger partial charge in [-0.3, -0.25) is 4.79 Å². The van der Waals surface area contributed by atoms with Crippen molar-refractivity contribution in [3.8, 4) is 0 Å². The van der Waals surface area contributed by atoms with Crippen LogP contribution >= 0.6 is 0 Å². The molecule has 1 fully saturated rings. The Kier molecular flexibility index (Phi) is 5.41. The minimum atomic E-state index is -0.968. The predicted octanol–water partition coefficient (Wildman–Crippen LogP) is 0.873. The van der Waals surface area contributed by atoms with Crippen LogP contribution in [-0.4, -0.2) is 29.1 Å². The number of hydrogen-bond donors (Lipinski definition) is 3. The summed E-state index contributed by atoms with van der Waals surface area (Å²) in [4.78, 5) is 22.5. The molecule has 1 saturated carbocycles. The highest BCUT2D eigenvalue weighted by Gasteiger charge is 2.26. The highest BCUT2D eigenvalue weighted by atomic mass is 16.4. The number of amides is 1. The van der Waals surface area contributed by atoms with E-state index in [9.17, 15) is 9.59 Å². The van der Waals surface area contributed by atoms with E-state index in [-0.39, 0.29) is 0 Å². The van der Waals surface area contributed by atoms with E-state index in [1.54, 1.807) is 6.92 Å². The number of carbonyl (C=O) groups is 2. The molecule has 0 aliphatic heterocycles. The van der Waals surface area contributed by atoms with Crippen LogP contribution in [0.2, 0.25) is 0 Å². The average molecular weight is 242 g/mol. The number of rotatable bonds is 5. The van der Waals surface area contributed by atoms with Crippen LogP contribution in [0.15, 0.2) is 0 Å². The highest BCUT2D eigenvalue weighted by molar-refractivity contribution is 5.86. The first-order valence-electron chi connectivity index (χ1n) is 6.29. The minimum absolute atomic E-state index is 0.395. The smallest absolute Gasteiger partial charge is 0.326 e. The third kappa shape index (κ3) is 4.73. The lowest BCUT2D eigenvalue weighted by Gasteiger charge is -2.25. The van der Waals surface area contributed by atoms with Gasteiger partial charge in [0.15, 0.2) is 0 Å². The van der Waals surface area contributed by atoms with Gasteiger partial charge in [0.05, 0.1) is 6.04 Å². The summed E-state index contributed by atoms with van der Waals surface area (Å²) >= 11 is 0. The monoisotopic (exact) mass is 242 g/mol. The van der Waals surface area contributed by atoms with Crippen molar-refractivity contribution in [1.82, 2.24) is 5.32 Å². The number of carboxylic acid groups (broad SMARTS) is 1. The van der Waals surface area contributed by atoms with Gasteiger partial charge in [0, 0.05) is 0 Å².